The zero-order valence-corrected chi connectivity index (χ0v) is 15.6. The molecule has 0 spiro atoms. The summed E-state index contributed by atoms with van der Waals surface area (Å²) in [5.74, 6) is 0. The molecule has 6 nitrogen and oxygen atoms in total. The van der Waals surface area contributed by atoms with Crippen molar-refractivity contribution in [3.63, 3.8) is 0 Å². The number of urea groups is 1. The van der Waals surface area contributed by atoms with Crippen molar-refractivity contribution < 1.29 is 4.79 Å². The molecule has 0 radical (unpaired) electrons. The normalized spacial score (nSPS) is 16.0. The van der Waals surface area contributed by atoms with Crippen LogP contribution in [0.15, 0.2) is 24.3 Å². The summed E-state index contributed by atoms with van der Waals surface area (Å²) in [4.78, 5) is 14.6. The van der Waals surface area contributed by atoms with Gasteiger partial charge in [-0.25, -0.2) is 4.79 Å². The molecule has 0 aliphatic heterocycles. The predicted molar refractivity (Wildman–Crippen MR) is 101 cm³/mol. The molecule has 2 aromatic rings. The SMILES string of the molecule is CCN(CC)CCc1nnc(NC(=O)NC2CCc3ccccc32)s1. The monoisotopic (exact) mass is 359 g/mol. The number of fused-ring (bicyclic) bond motifs is 1. The zero-order chi connectivity index (χ0) is 17.6. The number of hydrogen-bond acceptors (Lipinski definition) is 5. The average molecular weight is 359 g/mol. The van der Waals surface area contributed by atoms with Gasteiger partial charge in [0, 0.05) is 13.0 Å². The Kier molecular flexibility index (Phi) is 5.99. The third kappa shape index (κ3) is 4.55. The van der Waals surface area contributed by atoms with Crippen molar-refractivity contribution in [2.24, 2.45) is 0 Å². The van der Waals surface area contributed by atoms with Crippen LogP contribution in [0.4, 0.5) is 9.93 Å². The van der Waals surface area contributed by atoms with Crippen LogP contribution in [0.25, 0.3) is 0 Å². The molecule has 2 N–H and O–H groups in total. The van der Waals surface area contributed by atoms with E-state index in [4.69, 9.17) is 0 Å². The van der Waals surface area contributed by atoms with Gasteiger partial charge in [0.2, 0.25) is 5.13 Å². The maximum Gasteiger partial charge on any atom is 0.321 e. The molecule has 2 amide bonds. The van der Waals surface area contributed by atoms with E-state index in [-0.39, 0.29) is 12.1 Å². The Morgan fingerprint density at radius 2 is 2.08 bits per heavy atom. The Balaban J connectivity index is 1.51. The number of benzene rings is 1. The smallest absolute Gasteiger partial charge is 0.321 e. The number of amides is 2. The van der Waals surface area contributed by atoms with Gasteiger partial charge in [-0.15, -0.1) is 10.2 Å². The summed E-state index contributed by atoms with van der Waals surface area (Å²) < 4.78 is 0. The summed E-state index contributed by atoms with van der Waals surface area (Å²) in [7, 11) is 0. The second kappa shape index (κ2) is 8.40. The Morgan fingerprint density at radius 3 is 2.88 bits per heavy atom. The van der Waals surface area contributed by atoms with E-state index < -0.39 is 0 Å². The average Bonchev–Trinajstić information content (AvgIpc) is 3.23. The van der Waals surface area contributed by atoms with E-state index in [0.717, 1.165) is 43.9 Å². The second-order valence-electron chi connectivity index (χ2n) is 6.17. The third-order valence-electron chi connectivity index (χ3n) is 4.66. The van der Waals surface area contributed by atoms with E-state index in [1.165, 1.54) is 22.5 Å². The Hall–Kier alpha value is -1.99. The molecular weight excluding hydrogens is 334 g/mol. The van der Waals surface area contributed by atoms with Crippen molar-refractivity contribution in [1.82, 2.24) is 20.4 Å². The molecule has 1 aliphatic rings. The van der Waals surface area contributed by atoms with E-state index in [0.29, 0.717) is 5.13 Å². The highest BCUT2D eigenvalue weighted by Crippen LogP contribution is 2.30. The van der Waals surface area contributed by atoms with Gasteiger partial charge in [-0.05, 0) is 37.1 Å². The molecule has 1 aromatic carbocycles. The first kappa shape index (κ1) is 17.8. The Bertz CT molecular complexity index is 713. The van der Waals surface area contributed by atoms with Crippen LogP contribution in [-0.2, 0) is 12.8 Å². The molecule has 1 unspecified atom stereocenters. The van der Waals surface area contributed by atoms with E-state index in [1.807, 2.05) is 12.1 Å². The molecule has 1 heterocycles. The van der Waals surface area contributed by atoms with Crippen LogP contribution in [0.1, 0.15) is 42.4 Å². The van der Waals surface area contributed by atoms with Crippen molar-refractivity contribution >= 4 is 22.5 Å². The fraction of sp³-hybridized carbons (Fsp3) is 0.500. The minimum atomic E-state index is -0.215. The van der Waals surface area contributed by atoms with Gasteiger partial charge >= 0.3 is 6.03 Å². The van der Waals surface area contributed by atoms with E-state index in [9.17, 15) is 4.79 Å². The number of likely N-dealkylation sites (N-methyl/N-ethyl adjacent to an activating group) is 1. The summed E-state index contributed by atoms with van der Waals surface area (Å²) in [6, 6.07) is 8.14. The fourth-order valence-corrected chi connectivity index (χ4v) is 3.92. The van der Waals surface area contributed by atoms with Gasteiger partial charge in [0.15, 0.2) is 0 Å². The highest BCUT2D eigenvalue weighted by atomic mass is 32.1. The summed E-state index contributed by atoms with van der Waals surface area (Å²) in [6.45, 7) is 7.34. The Morgan fingerprint density at radius 1 is 1.28 bits per heavy atom. The number of hydrogen-bond donors (Lipinski definition) is 2. The fourth-order valence-electron chi connectivity index (χ4n) is 3.20. The van der Waals surface area contributed by atoms with Crippen LogP contribution < -0.4 is 10.6 Å². The van der Waals surface area contributed by atoms with Crippen molar-refractivity contribution in [3.8, 4) is 0 Å². The van der Waals surface area contributed by atoms with Crippen LogP contribution in [0.3, 0.4) is 0 Å². The van der Waals surface area contributed by atoms with Gasteiger partial charge in [0.1, 0.15) is 5.01 Å². The second-order valence-corrected chi connectivity index (χ2v) is 7.23. The van der Waals surface area contributed by atoms with Crippen LogP contribution in [-0.4, -0.2) is 40.8 Å². The van der Waals surface area contributed by atoms with Gasteiger partial charge in [0.05, 0.1) is 6.04 Å². The first-order chi connectivity index (χ1) is 12.2. The maximum atomic E-state index is 12.3. The van der Waals surface area contributed by atoms with E-state index >= 15 is 0 Å². The van der Waals surface area contributed by atoms with E-state index in [2.05, 4.69) is 51.7 Å². The summed E-state index contributed by atoms with van der Waals surface area (Å²) >= 11 is 1.45. The number of aryl methyl sites for hydroxylation is 1. The van der Waals surface area contributed by atoms with Crippen LogP contribution in [0.5, 0.6) is 0 Å². The predicted octanol–water partition coefficient (Wildman–Crippen LogP) is 3.23. The largest absolute Gasteiger partial charge is 0.331 e. The minimum Gasteiger partial charge on any atom is -0.331 e. The summed E-state index contributed by atoms with van der Waals surface area (Å²) in [6.07, 6.45) is 2.81. The summed E-state index contributed by atoms with van der Waals surface area (Å²) in [5.41, 5.74) is 2.54. The quantitative estimate of drug-likeness (QED) is 0.796. The standard InChI is InChI=1S/C18H25N5OS/c1-3-23(4-2)12-11-16-21-22-18(25-16)20-17(24)19-15-10-9-13-7-5-6-8-14(13)15/h5-8,15H,3-4,9-12H2,1-2H3,(H2,19,20,22,24). The lowest BCUT2D eigenvalue weighted by Gasteiger charge is -2.16. The number of carbonyl (C=O) groups excluding carboxylic acids is 1. The lowest BCUT2D eigenvalue weighted by molar-refractivity contribution is 0.248. The molecule has 0 bridgehead atoms. The van der Waals surface area contributed by atoms with Crippen molar-refractivity contribution in [1.29, 1.82) is 0 Å². The number of anilines is 1. The van der Waals surface area contributed by atoms with Gasteiger partial charge in [-0.3, -0.25) is 5.32 Å². The van der Waals surface area contributed by atoms with Crippen LogP contribution >= 0.6 is 11.3 Å². The maximum absolute atomic E-state index is 12.3. The number of carbonyl (C=O) groups is 1. The van der Waals surface area contributed by atoms with Gasteiger partial charge in [-0.2, -0.15) is 0 Å². The lowest BCUT2D eigenvalue weighted by atomic mass is 10.1. The van der Waals surface area contributed by atoms with Gasteiger partial charge in [-0.1, -0.05) is 49.4 Å². The zero-order valence-electron chi connectivity index (χ0n) is 14.8. The number of nitrogens with one attached hydrogen (secondary N) is 2. The van der Waals surface area contributed by atoms with E-state index in [1.54, 1.807) is 0 Å². The highest BCUT2D eigenvalue weighted by molar-refractivity contribution is 7.15. The molecule has 0 saturated heterocycles. The van der Waals surface area contributed by atoms with Crippen molar-refractivity contribution in [2.45, 2.75) is 39.2 Å². The minimum absolute atomic E-state index is 0.0752. The van der Waals surface area contributed by atoms with Crippen LogP contribution in [0.2, 0.25) is 0 Å². The molecule has 0 fully saturated rings. The number of rotatable bonds is 7. The van der Waals surface area contributed by atoms with Crippen molar-refractivity contribution in [2.75, 3.05) is 25.0 Å². The lowest BCUT2D eigenvalue weighted by Crippen LogP contribution is -2.31. The van der Waals surface area contributed by atoms with Gasteiger partial charge < -0.3 is 10.2 Å². The molecule has 1 aliphatic carbocycles. The molecule has 7 heteroatoms. The number of nitrogens with zero attached hydrogens (tertiary/aromatic N) is 3. The molecule has 0 saturated carbocycles. The molecule has 134 valence electrons. The molecule has 25 heavy (non-hydrogen) atoms. The third-order valence-corrected chi connectivity index (χ3v) is 5.56. The molecule has 3 rings (SSSR count). The number of aromatic nitrogens is 2. The van der Waals surface area contributed by atoms with Crippen LogP contribution in [0, 0.1) is 0 Å². The van der Waals surface area contributed by atoms with Gasteiger partial charge in [0.25, 0.3) is 0 Å². The van der Waals surface area contributed by atoms with Crippen molar-refractivity contribution in [3.05, 3.63) is 40.4 Å². The first-order valence-corrected chi connectivity index (χ1v) is 9.71. The highest BCUT2D eigenvalue weighted by Gasteiger charge is 2.23. The molecular formula is C18H25N5OS. The topological polar surface area (TPSA) is 70.2 Å². The molecule has 1 aromatic heterocycles. The molecule has 1 atom stereocenters. The summed E-state index contributed by atoms with van der Waals surface area (Å²) in [5, 5.41) is 15.6. The first-order valence-electron chi connectivity index (χ1n) is 8.89. The Labute approximate surface area is 152 Å².